The van der Waals surface area contributed by atoms with Gasteiger partial charge in [0.1, 0.15) is 17.3 Å². The van der Waals surface area contributed by atoms with E-state index in [4.69, 9.17) is 4.74 Å². The maximum Gasteiger partial charge on any atom is 0.573 e. The lowest BCUT2D eigenvalue weighted by Crippen LogP contribution is -2.80. The molecule has 212 valence electrons. The van der Waals surface area contributed by atoms with Crippen LogP contribution in [-0.4, -0.2) is 76.5 Å². The predicted molar refractivity (Wildman–Crippen MR) is 137 cm³/mol. The summed E-state index contributed by atoms with van der Waals surface area (Å²) in [5.41, 5.74) is -0.422. The normalized spacial score (nSPS) is 30.5. The number of alkyl halides is 3. The van der Waals surface area contributed by atoms with Crippen molar-refractivity contribution in [3.8, 4) is 17.2 Å². The van der Waals surface area contributed by atoms with Crippen molar-refractivity contribution in [2.45, 2.75) is 61.2 Å². The van der Waals surface area contributed by atoms with E-state index >= 15 is 0 Å². The zero-order chi connectivity index (χ0) is 28.6. The van der Waals surface area contributed by atoms with E-state index < -0.39 is 41.1 Å². The van der Waals surface area contributed by atoms with Crippen molar-refractivity contribution in [1.82, 2.24) is 9.80 Å². The number of carbonyl (C=O) groups excluding carboxylic acids is 1. The number of carbonyl (C=O) groups is 1. The first kappa shape index (κ1) is 26.4. The number of nitro groups is 1. The molecule has 6 rings (SSSR count). The number of aromatic hydroxyl groups is 1. The van der Waals surface area contributed by atoms with Gasteiger partial charge in [0.15, 0.2) is 11.5 Å². The number of phenols is 1. The van der Waals surface area contributed by atoms with Crippen LogP contribution in [0.15, 0.2) is 42.5 Å². The first-order valence-corrected chi connectivity index (χ1v) is 13.1. The van der Waals surface area contributed by atoms with E-state index in [1.807, 2.05) is 18.0 Å². The number of likely N-dealkylation sites (N-methyl/N-ethyl adjacent to an activating group) is 2. The first-order chi connectivity index (χ1) is 18.9. The molecule has 0 aromatic heterocycles. The highest BCUT2D eigenvalue weighted by Crippen LogP contribution is 2.66. The molecule has 12 heteroatoms. The quantitative estimate of drug-likeness (QED) is 0.337. The summed E-state index contributed by atoms with van der Waals surface area (Å²) in [4.78, 5) is 29.7. The lowest BCUT2D eigenvalue weighted by molar-refractivity contribution is -0.605. The molecule has 9 nitrogen and oxygen atoms in total. The summed E-state index contributed by atoms with van der Waals surface area (Å²) in [6.07, 6.45) is -1.49. The van der Waals surface area contributed by atoms with E-state index in [0.717, 1.165) is 5.56 Å². The molecule has 2 unspecified atom stereocenters. The minimum Gasteiger partial charge on any atom is -0.504 e. The lowest BCUT2D eigenvalue weighted by atomic mass is 9.47. The Labute approximate surface area is 227 Å². The van der Waals surface area contributed by atoms with Gasteiger partial charge >= 0.3 is 6.36 Å². The van der Waals surface area contributed by atoms with Gasteiger partial charge in [-0.3, -0.25) is 19.8 Å². The SMILES string of the molecule is CN(C(=O)/C=C/c1cccc(OC(F)(F)F)c1)C1CC[C@@]2([N+](=O)[O-])[C@H]3Cc4ccc(O)c5c4[C@@]2(CCN3C)C1O5. The van der Waals surface area contributed by atoms with Crippen molar-refractivity contribution in [1.29, 1.82) is 0 Å². The fourth-order valence-corrected chi connectivity index (χ4v) is 7.76. The summed E-state index contributed by atoms with van der Waals surface area (Å²) < 4.78 is 48.2. The highest BCUT2D eigenvalue weighted by Gasteiger charge is 2.80. The summed E-state index contributed by atoms with van der Waals surface area (Å²) in [5.74, 6) is -0.645. The Morgan fingerprint density at radius 1 is 1.30 bits per heavy atom. The molecule has 2 aromatic carbocycles. The molecule has 40 heavy (non-hydrogen) atoms. The zero-order valence-corrected chi connectivity index (χ0v) is 21.9. The minimum atomic E-state index is -4.84. The fourth-order valence-electron chi connectivity index (χ4n) is 7.76. The van der Waals surface area contributed by atoms with Gasteiger partial charge in [-0.2, -0.15) is 0 Å². The number of amides is 1. The second-order valence-electron chi connectivity index (χ2n) is 11.1. The van der Waals surface area contributed by atoms with Gasteiger partial charge in [-0.1, -0.05) is 18.2 Å². The van der Waals surface area contributed by atoms with Crippen LogP contribution in [0.1, 0.15) is 36.0 Å². The predicted octanol–water partition coefficient (Wildman–Crippen LogP) is 3.90. The molecule has 0 radical (unpaired) electrons. The molecule has 2 aromatic rings. The average Bonchev–Trinajstić information content (AvgIpc) is 3.25. The van der Waals surface area contributed by atoms with Gasteiger partial charge in [-0.25, -0.2) is 0 Å². The lowest BCUT2D eigenvalue weighted by Gasteiger charge is -2.61. The number of benzene rings is 2. The summed E-state index contributed by atoms with van der Waals surface area (Å²) >= 11 is 0. The van der Waals surface area contributed by atoms with Crippen LogP contribution in [0.25, 0.3) is 6.08 Å². The maximum atomic E-state index is 13.3. The smallest absolute Gasteiger partial charge is 0.504 e. The van der Waals surface area contributed by atoms with Crippen LogP contribution < -0.4 is 9.47 Å². The van der Waals surface area contributed by atoms with Gasteiger partial charge in [-0.05, 0) is 68.3 Å². The molecule has 4 aliphatic rings. The molecule has 2 aliphatic heterocycles. The fraction of sp³-hybridized carbons (Fsp3) is 0.464. The number of phenolic OH excluding ortho intramolecular Hbond substituents is 1. The highest BCUT2D eigenvalue weighted by molar-refractivity contribution is 5.92. The number of halogens is 3. The van der Waals surface area contributed by atoms with Crippen LogP contribution in [0.2, 0.25) is 0 Å². The van der Waals surface area contributed by atoms with Crippen molar-refractivity contribution in [2.75, 3.05) is 20.6 Å². The zero-order valence-electron chi connectivity index (χ0n) is 21.9. The number of piperidine rings is 1. The minimum absolute atomic E-state index is 0.0780. The Kier molecular flexibility index (Phi) is 5.85. The number of ether oxygens (including phenoxy) is 2. The van der Waals surface area contributed by atoms with Crippen molar-refractivity contribution in [2.24, 2.45) is 0 Å². The van der Waals surface area contributed by atoms with Crippen LogP contribution in [0.4, 0.5) is 13.2 Å². The topological polar surface area (TPSA) is 105 Å². The molecule has 1 saturated carbocycles. The van der Waals surface area contributed by atoms with Gasteiger partial charge in [0.25, 0.3) is 5.54 Å². The molecular formula is C28H28F3N3O6. The highest BCUT2D eigenvalue weighted by atomic mass is 19.4. The molecule has 1 amide bonds. The number of likely N-dealkylation sites (tertiary alicyclic amines) is 1. The van der Waals surface area contributed by atoms with Crippen LogP contribution >= 0.6 is 0 Å². The molecule has 1 saturated heterocycles. The van der Waals surface area contributed by atoms with Crippen molar-refractivity contribution >= 4 is 12.0 Å². The molecule has 2 heterocycles. The number of rotatable bonds is 5. The van der Waals surface area contributed by atoms with Gasteiger partial charge in [0.2, 0.25) is 5.91 Å². The number of hydrogen-bond donors (Lipinski definition) is 1. The molecule has 2 fully saturated rings. The number of hydrogen-bond acceptors (Lipinski definition) is 7. The molecule has 5 atom stereocenters. The maximum absolute atomic E-state index is 13.3. The van der Waals surface area contributed by atoms with E-state index in [2.05, 4.69) is 4.74 Å². The first-order valence-electron chi connectivity index (χ1n) is 13.1. The van der Waals surface area contributed by atoms with Crippen molar-refractivity contribution < 1.29 is 37.5 Å². The van der Waals surface area contributed by atoms with Gasteiger partial charge < -0.3 is 19.5 Å². The third-order valence-corrected chi connectivity index (χ3v) is 9.38. The molecule has 1 N–H and O–H groups in total. The van der Waals surface area contributed by atoms with E-state index in [1.165, 1.54) is 35.3 Å². The van der Waals surface area contributed by atoms with Crippen LogP contribution in [0.3, 0.4) is 0 Å². The number of nitrogens with zero attached hydrogens (tertiary/aromatic N) is 3. The Hall–Kier alpha value is -3.80. The van der Waals surface area contributed by atoms with Crippen molar-refractivity contribution in [3.63, 3.8) is 0 Å². The molecular weight excluding hydrogens is 531 g/mol. The summed E-state index contributed by atoms with van der Waals surface area (Å²) in [6.45, 7) is 0.606. The Balaban J connectivity index is 1.34. The van der Waals surface area contributed by atoms with Crippen LogP contribution in [0, 0.1) is 10.1 Å². The molecule has 1 spiro atoms. The van der Waals surface area contributed by atoms with Crippen LogP contribution in [-0.2, 0) is 16.6 Å². The van der Waals surface area contributed by atoms with E-state index in [1.54, 1.807) is 19.2 Å². The standard InChI is InChI=1S/C28H28F3N3O6/c1-32-13-12-26-23-17-7-8-20(35)24(23)39-25(26)19(10-11-27(26,34(37)38)21(32)15-17)33(2)22(36)9-6-16-4-3-5-18(14-16)40-28(29,30)31/h3-9,14,19,21,25,35H,10-13,15H2,1-2H3/b9-6+/t19?,21-,25?,26+,27-/m1/s1. The van der Waals surface area contributed by atoms with Crippen molar-refractivity contribution in [3.05, 3.63) is 69.3 Å². The largest absolute Gasteiger partial charge is 0.573 e. The second kappa shape index (κ2) is 8.85. The monoisotopic (exact) mass is 559 g/mol. The Bertz CT molecular complexity index is 1430. The van der Waals surface area contributed by atoms with Gasteiger partial charge in [0, 0.05) is 30.0 Å². The van der Waals surface area contributed by atoms with E-state index in [-0.39, 0.29) is 28.9 Å². The van der Waals surface area contributed by atoms with Gasteiger partial charge in [0.05, 0.1) is 12.1 Å². The van der Waals surface area contributed by atoms with Gasteiger partial charge in [-0.15, -0.1) is 13.2 Å². The van der Waals surface area contributed by atoms with E-state index in [0.29, 0.717) is 36.9 Å². The Morgan fingerprint density at radius 3 is 2.80 bits per heavy atom. The summed E-state index contributed by atoms with van der Waals surface area (Å²) in [7, 11) is 3.50. The molecule has 2 aliphatic carbocycles. The molecule has 2 bridgehead atoms. The summed E-state index contributed by atoms with van der Waals surface area (Å²) in [5, 5.41) is 23.7. The van der Waals surface area contributed by atoms with E-state index in [9.17, 15) is 33.2 Å². The second-order valence-corrected chi connectivity index (χ2v) is 11.1. The third kappa shape index (κ3) is 3.61. The average molecular weight is 560 g/mol. The van der Waals surface area contributed by atoms with Crippen LogP contribution in [0.5, 0.6) is 17.2 Å². The Morgan fingerprint density at radius 2 is 2.08 bits per heavy atom. The summed E-state index contributed by atoms with van der Waals surface area (Å²) in [6, 6.07) is 7.74. The third-order valence-electron chi connectivity index (χ3n) is 9.38.